The summed E-state index contributed by atoms with van der Waals surface area (Å²) >= 11 is 0. The fourth-order valence-electron chi connectivity index (χ4n) is 4.47. The van der Waals surface area contributed by atoms with Crippen LogP contribution in [0.2, 0.25) is 0 Å². The van der Waals surface area contributed by atoms with Crippen LogP contribution in [0.4, 0.5) is 8.78 Å². The van der Waals surface area contributed by atoms with Gasteiger partial charge in [0.1, 0.15) is 5.75 Å². The molecule has 1 aromatic heterocycles. The summed E-state index contributed by atoms with van der Waals surface area (Å²) in [5.74, 6) is 0.540. The summed E-state index contributed by atoms with van der Waals surface area (Å²) in [4.78, 5) is 6.72. The van der Waals surface area contributed by atoms with Crippen molar-refractivity contribution < 1.29 is 18.6 Å². The zero-order chi connectivity index (χ0) is 23.4. The Labute approximate surface area is 193 Å². The molecule has 7 heteroatoms. The van der Waals surface area contributed by atoms with E-state index in [2.05, 4.69) is 23.7 Å². The molecule has 2 heterocycles. The van der Waals surface area contributed by atoms with Crippen LogP contribution in [0.5, 0.6) is 5.75 Å². The van der Waals surface area contributed by atoms with Crippen LogP contribution in [0.25, 0.3) is 16.9 Å². The fourth-order valence-corrected chi connectivity index (χ4v) is 4.47. The van der Waals surface area contributed by atoms with Gasteiger partial charge in [-0.15, -0.1) is 0 Å². The van der Waals surface area contributed by atoms with Crippen molar-refractivity contribution in [2.75, 3.05) is 19.7 Å². The molecule has 5 nitrogen and oxygen atoms in total. The summed E-state index contributed by atoms with van der Waals surface area (Å²) in [6, 6.07) is 15.2. The first-order chi connectivity index (χ1) is 15.9. The van der Waals surface area contributed by atoms with Crippen LogP contribution in [0.1, 0.15) is 32.3 Å². The van der Waals surface area contributed by atoms with Gasteiger partial charge in [0, 0.05) is 43.1 Å². The molecule has 0 spiro atoms. The molecule has 1 atom stereocenters. The second kappa shape index (κ2) is 10.0. The van der Waals surface area contributed by atoms with Gasteiger partial charge in [0.05, 0.1) is 17.7 Å². The molecular formula is C26H31F2N3O2. The van der Waals surface area contributed by atoms with Crippen LogP contribution in [-0.2, 0) is 6.54 Å². The number of alkyl halides is 2. The van der Waals surface area contributed by atoms with Crippen LogP contribution in [0, 0.1) is 11.3 Å². The number of imidazole rings is 1. The van der Waals surface area contributed by atoms with E-state index in [-0.39, 0.29) is 17.8 Å². The number of aliphatic hydroxyl groups is 1. The van der Waals surface area contributed by atoms with E-state index in [0.717, 1.165) is 42.8 Å². The highest BCUT2D eigenvalue weighted by atomic mass is 19.3. The first-order valence-corrected chi connectivity index (χ1v) is 11.4. The van der Waals surface area contributed by atoms with Crippen molar-refractivity contribution >= 4 is 0 Å². The number of hydrogen-bond donors (Lipinski definition) is 1. The first-order valence-electron chi connectivity index (χ1n) is 11.4. The Bertz CT molecular complexity index is 1050. The summed E-state index contributed by atoms with van der Waals surface area (Å²) in [6.07, 6.45) is 5.64. The second-order valence-corrected chi connectivity index (χ2v) is 9.42. The number of aliphatic hydroxyl groups excluding tert-OH is 1. The molecule has 0 unspecified atom stereocenters. The summed E-state index contributed by atoms with van der Waals surface area (Å²) in [6.45, 7) is 3.65. The molecule has 1 fully saturated rings. The average molecular weight is 456 g/mol. The van der Waals surface area contributed by atoms with E-state index in [1.807, 2.05) is 53.2 Å². The molecular weight excluding hydrogens is 424 g/mol. The summed E-state index contributed by atoms with van der Waals surface area (Å²) in [5.41, 5.74) is 3.07. The predicted octanol–water partition coefficient (Wildman–Crippen LogP) is 5.37. The van der Waals surface area contributed by atoms with Gasteiger partial charge in [-0.05, 0) is 36.8 Å². The molecule has 4 rings (SSSR count). The van der Waals surface area contributed by atoms with Crippen molar-refractivity contribution in [2.45, 2.75) is 39.8 Å². The molecule has 0 saturated carbocycles. The van der Waals surface area contributed by atoms with Gasteiger partial charge in [-0.1, -0.05) is 50.2 Å². The molecule has 1 aliphatic rings. The Morgan fingerprint density at radius 1 is 1.18 bits per heavy atom. The second-order valence-electron chi connectivity index (χ2n) is 9.42. The Balaban J connectivity index is 1.55. The van der Waals surface area contributed by atoms with Crippen molar-refractivity contribution in [1.29, 1.82) is 0 Å². The van der Waals surface area contributed by atoms with Gasteiger partial charge >= 0.3 is 6.61 Å². The molecule has 2 aromatic carbocycles. The van der Waals surface area contributed by atoms with E-state index in [0.29, 0.717) is 18.2 Å². The van der Waals surface area contributed by atoms with E-state index >= 15 is 0 Å². The van der Waals surface area contributed by atoms with Crippen molar-refractivity contribution in [3.05, 3.63) is 66.6 Å². The summed E-state index contributed by atoms with van der Waals surface area (Å²) < 4.78 is 33.2. The Hall–Kier alpha value is -2.77. The third-order valence-corrected chi connectivity index (χ3v) is 6.63. The van der Waals surface area contributed by atoms with Gasteiger partial charge in [-0.2, -0.15) is 8.78 Å². The number of likely N-dealkylation sites (tertiary alicyclic amines) is 1. The lowest BCUT2D eigenvalue weighted by Crippen LogP contribution is -2.42. The standard InChI is InChI=1S/C26H31F2N3O2/c1-26(2,17-32)21-9-6-12-30(15-21)14-20-10-11-22(13-24(20)33-25(27)28)31-16-23(29-18-31)19-7-4-3-5-8-19/h3-5,7-8,10-11,13,16,18,21,25,32H,6,9,12,14-15,17H2,1-2H3/t21-/m0/s1. The number of hydrogen-bond acceptors (Lipinski definition) is 4. The minimum absolute atomic E-state index is 0.135. The van der Waals surface area contributed by atoms with Crippen LogP contribution in [-0.4, -0.2) is 45.9 Å². The van der Waals surface area contributed by atoms with Crippen LogP contribution < -0.4 is 4.74 Å². The molecule has 0 amide bonds. The first kappa shape index (κ1) is 23.4. The third kappa shape index (κ3) is 5.60. The molecule has 176 valence electrons. The van der Waals surface area contributed by atoms with Crippen molar-refractivity contribution in [3.63, 3.8) is 0 Å². The maximum atomic E-state index is 13.2. The predicted molar refractivity (Wildman–Crippen MR) is 124 cm³/mol. The molecule has 3 aromatic rings. The smallest absolute Gasteiger partial charge is 0.387 e. The number of piperidine rings is 1. The lowest BCUT2D eigenvalue weighted by Gasteiger charge is -2.40. The molecule has 1 aliphatic heterocycles. The van der Waals surface area contributed by atoms with Crippen LogP contribution >= 0.6 is 0 Å². The number of aromatic nitrogens is 2. The number of rotatable bonds is 8. The van der Waals surface area contributed by atoms with E-state index in [4.69, 9.17) is 4.74 Å². The van der Waals surface area contributed by atoms with Crippen molar-refractivity contribution in [3.8, 4) is 22.7 Å². The highest BCUT2D eigenvalue weighted by molar-refractivity contribution is 5.59. The lowest BCUT2D eigenvalue weighted by molar-refractivity contribution is -0.0510. The average Bonchev–Trinajstić information content (AvgIpc) is 3.31. The number of ether oxygens (including phenoxy) is 1. The molecule has 0 radical (unpaired) electrons. The van der Waals surface area contributed by atoms with Crippen molar-refractivity contribution in [1.82, 2.24) is 14.5 Å². The Morgan fingerprint density at radius 2 is 1.97 bits per heavy atom. The molecule has 1 saturated heterocycles. The topological polar surface area (TPSA) is 50.5 Å². The normalized spacial score (nSPS) is 17.5. The monoisotopic (exact) mass is 455 g/mol. The number of nitrogens with zero attached hydrogens (tertiary/aromatic N) is 3. The van der Waals surface area contributed by atoms with E-state index in [1.165, 1.54) is 0 Å². The minimum Gasteiger partial charge on any atom is -0.434 e. The van der Waals surface area contributed by atoms with E-state index < -0.39 is 6.61 Å². The van der Waals surface area contributed by atoms with Gasteiger partial charge in [0.15, 0.2) is 0 Å². The highest BCUT2D eigenvalue weighted by Gasteiger charge is 2.33. The fraction of sp³-hybridized carbons (Fsp3) is 0.423. The quantitative estimate of drug-likeness (QED) is 0.496. The van der Waals surface area contributed by atoms with Gasteiger partial charge in [-0.3, -0.25) is 4.90 Å². The highest BCUT2D eigenvalue weighted by Crippen LogP contribution is 2.35. The molecule has 0 bridgehead atoms. The molecule has 33 heavy (non-hydrogen) atoms. The maximum Gasteiger partial charge on any atom is 0.387 e. The zero-order valence-electron chi connectivity index (χ0n) is 19.1. The van der Waals surface area contributed by atoms with Crippen LogP contribution in [0.15, 0.2) is 61.1 Å². The third-order valence-electron chi connectivity index (χ3n) is 6.63. The minimum atomic E-state index is -2.90. The van der Waals surface area contributed by atoms with E-state index in [1.54, 1.807) is 12.4 Å². The SMILES string of the molecule is CC(C)(CO)[C@H]1CCCN(Cc2ccc(-n3cnc(-c4ccccc4)c3)cc2OC(F)F)C1. The van der Waals surface area contributed by atoms with E-state index in [9.17, 15) is 13.9 Å². The van der Waals surface area contributed by atoms with Gasteiger partial charge < -0.3 is 14.4 Å². The molecule has 1 N–H and O–H groups in total. The van der Waals surface area contributed by atoms with Gasteiger partial charge in [-0.25, -0.2) is 4.98 Å². The van der Waals surface area contributed by atoms with Gasteiger partial charge in [0.2, 0.25) is 0 Å². The lowest BCUT2D eigenvalue weighted by atomic mass is 9.75. The number of halogens is 2. The van der Waals surface area contributed by atoms with Crippen molar-refractivity contribution in [2.24, 2.45) is 11.3 Å². The molecule has 0 aliphatic carbocycles. The summed E-state index contributed by atoms with van der Waals surface area (Å²) in [5, 5.41) is 9.75. The largest absolute Gasteiger partial charge is 0.434 e. The van der Waals surface area contributed by atoms with Crippen LogP contribution in [0.3, 0.4) is 0 Å². The Morgan fingerprint density at radius 3 is 2.70 bits per heavy atom. The Kier molecular flexibility index (Phi) is 7.10. The maximum absolute atomic E-state index is 13.2. The number of benzene rings is 2. The zero-order valence-corrected chi connectivity index (χ0v) is 19.1. The van der Waals surface area contributed by atoms with Gasteiger partial charge in [0.25, 0.3) is 0 Å². The summed E-state index contributed by atoms with van der Waals surface area (Å²) in [7, 11) is 0.